The smallest absolute Gasteiger partial charge is 0.220 e. The van der Waals surface area contributed by atoms with Crippen LogP contribution >= 0.6 is 0 Å². The third kappa shape index (κ3) is 3.23. The lowest BCUT2D eigenvalue weighted by Gasteiger charge is -2.21. The Morgan fingerprint density at radius 1 is 1.67 bits per heavy atom. The zero-order chi connectivity index (χ0) is 13.0. The Hall–Kier alpha value is -1.55. The van der Waals surface area contributed by atoms with Gasteiger partial charge in [0.05, 0.1) is 12.8 Å². The first-order valence-corrected chi connectivity index (χ1v) is 6.27. The fourth-order valence-electron chi connectivity index (χ4n) is 2.12. The zero-order valence-corrected chi connectivity index (χ0v) is 10.6. The molecule has 18 heavy (non-hydrogen) atoms. The first kappa shape index (κ1) is 12.9. The lowest BCUT2D eigenvalue weighted by atomic mass is 10.0. The van der Waals surface area contributed by atoms with E-state index in [1.54, 1.807) is 19.1 Å². The molecular weight excluding hydrogens is 230 g/mol. The third-order valence-electron chi connectivity index (χ3n) is 3.24. The topological polar surface area (TPSA) is 62.5 Å². The summed E-state index contributed by atoms with van der Waals surface area (Å²) in [6, 6.07) is 3.42. The summed E-state index contributed by atoms with van der Waals surface area (Å²) in [5.41, 5.74) is -1.16. The van der Waals surface area contributed by atoms with Crippen LogP contribution in [0, 0.1) is 5.92 Å². The fourth-order valence-corrected chi connectivity index (χ4v) is 2.12. The summed E-state index contributed by atoms with van der Waals surface area (Å²) in [5, 5.41) is 12.9. The molecule has 1 heterocycles. The Bertz CT molecular complexity index is 420. The largest absolute Gasteiger partial charge is 0.466 e. The minimum absolute atomic E-state index is 0.0293. The van der Waals surface area contributed by atoms with Gasteiger partial charge in [0.15, 0.2) is 0 Å². The molecule has 2 N–H and O–H groups in total. The molecule has 98 valence electrons. The number of rotatable bonds is 5. The molecule has 0 bridgehead atoms. The highest BCUT2D eigenvalue weighted by molar-refractivity contribution is 5.76. The number of hydrogen-bond acceptors (Lipinski definition) is 3. The average molecular weight is 249 g/mol. The minimum Gasteiger partial charge on any atom is -0.466 e. The number of hydrogen-bond donors (Lipinski definition) is 2. The molecule has 1 aliphatic rings. The highest BCUT2D eigenvalue weighted by Gasteiger charge is 2.27. The van der Waals surface area contributed by atoms with Gasteiger partial charge in [-0.15, -0.1) is 0 Å². The number of amides is 1. The van der Waals surface area contributed by atoms with E-state index in [9.17, 15) is 9.90 Å². The molecule has 0 radical (unpaired) electrons. The second kappa shape index (κ2) is 5.40. The van der Waals surface area contributed by atoms with Gasteiger partial charge in [0.1, 0.15) is 11.4 Å². The summed E-state index contributed by atoms with van der Waals surface area (Å²) in [6.07, 6.45) is 8.30. The van der Waals surface area contributed by atoms with E-state index in [4.69, 9.17) is 4.42 Å². The maximum Gasteiger partial charge on any atom is 0.220 e. The van der Waals surface area contributed by atoms with Crippen molar-refractivity contribution in [2.75, 3.05) is 6.54 Å². The van der Waals surface area contributed by atoms with Crippen molar-refractivity contribution in [2.24, 2.45) is 5.92 Å². The van der Waals surface area contributed by atoms with Crippen LogP contribution in [0.4, 0.5) is 0 Å². The van der Waals surface area contributed by atoms with Crippen LogP contribution in [0.25, 0.3) is 0 Å². The molecule has 0 saturated carbocycles. The molecule has 0 saturated heterocycles. The van der Waals surface area contributed by atoms with Gasteiger partial charge >= 0.3 is 0 Å². The standard InChI is InChI=1S/C14H19NO3/c1-14(17,12-7-4-8-18-12)10-15-13(16)9-11-5-2-3-6-11/h2,4-5,7-8,11,17H,3,6,9-10H2,1H3,(H,15,16). The summed E-state index contributed by atoms with van der Waals surface area (Å²) < 4.78 is 5.15. The van der Waals surface area contributed by atoms with E-state index < -0.39 is 5.60 Å². The van der Waals surface area contributed by atoms with E-state index in [-0.39, 0.29) is 12.5 Å². The van der Waals surface area contributed by atoms with E-state index in [0.717, 1.165) is 12.8 Å². The lowest BCUT2D eigenvalue weighted by molar-refractivity contribution is -0.123. The van der Waals surface area contributed by atoms with Gasteiger partial charge in [-0.1, -0.05) is 12.2 Å². The maximum absolute atomic E-state index is 11.7. The van der Waals surface area contributed by atoms with Gasteiger partial charge < -0.3 is 14.8 Å². The summed E-state index contributed by atoms with van der Waals surface area (Å²) in [5.74, 6) is 0.778. The third-order valence-corrected chi connectivity index (χ3v) is 3.24. The van der Waals surface area contributed by atoms with Crippen LogP contribution in [-0.4, -0.2) is 17.6 Å². The van der Waals surface area contributed by atoms with E-state index >= 15 is 0 Å². The number of carbonyl (C=O) groups excluding carboxylic acids is 1. The fraction of sp³-hybridized carbons (Fsp3) is 0.500. The lowest BCUT2D eigenvalue weighted by Crippen LogP contribution is -2.38. The Morgan fingerprint density at radius 3 is 3.11 bits per heavy atom. The quantitative estimate of drug-likeness (QED) is 0.784. The molecule has 2 unspecified atom stereocenters. The second-order valence-electron chi connectivity index (χ2n) is 5.00. The molecule has 0 aromatic carbocycles. The maximum atomic E-state index is 11.7. The van der Waals surface area contributed by atoms with Crippen LogP contribution in [-0.2, 0) is 10.4 Å². The van der Waals surface area contributed by atoms with Crippen LogP contribution in [0.15, 0.2) is 35.0 Å². The van der Waals surface area contributed by atoms with Crippen molar-refractivity contribution < 1.29 is 14.3 Å². The Balaban J connectivity index is 1.80. The van der Waals surface area contributed by atoms with Gasteiger partial charge in [-0.2, -0.15) is 0 Å². The van der Waals surface area contributed by atoms with Crippen molar-refractivity contribution in [3.8, 4) is 0 Å². The van der Waals surface area contributed by atoms with Crippen molar-refractivity contribution in [3.63, 3.8) is 0 Å². The molecule has 1 amide bonds. The van der Waals surface area contributed by atoms with Gasteiger partial charge in [0.25, 0.3) is 0 Å². The van der Waals surface area contributed by atoms with E-state index in [0.29, 0.717) is 18.1 Å². The van der Waals surface area contributed by atoms with Crippen molar-refractivity contribution >= 4 is 5.91 Å². The summed E-state index contributed by atoms with van der Waals surface area (Å²) in [4.78, 5) is 11.7. The molecule has 1 aromatic heterocycles. The normalized spacial score (nSPS) is 21.8. The zero-order valence-electron chi connectivity index (χ0n) is 10.6. The number of carbonyl (C=O) groups is 1. The predicted octanol–water partition coefficient (Wildman–Crippen LogP) is 1.96. The predicted molar refractivity (Wildman–Crippen MR) is 67.8 cm³/mol. The number of allylic oxidation sites excluding steroid dienone is 2. The molecule has 1 aliphatic carbocycles. The van der Waals surface area contributed by atoms with Gasteiger partial charge in [0.2, 0.25) is 5.91 Å². The van der Waals surface area contributed by atoms with Crippen LogP contribution in [0.3, 0.4) is 0 Å². The van der Waals surface area contributed by atoms with E-state index in [2.05, 4.69) is 17.5 Å². The van der Waals surface area contributed by atoms with Crippen LogP contribution in [0.1, 0.15) is 31.9 Å². The van der Waals surface area contributed by atoms with E-state index in [1.807, 2.05) is 0 Å². The monoisotopic (exact) mass is 249 g/mol. The van der Waals surface area contributed by atoms with Gasteiger partial charge in [-0.25, -0.2) is 0 Å². The van der Waals surface area contributed by atoms with Gasteiger partial charge in [-0.3, -0.25) is 4.79 Å². The summed E-state index contributed by atoms with van der Waals surface area (Å²) in [6.45, 7) is 1.79. The molecule has 0 fully saturated rings. The molecule has 2 atom stereocenters. The van der Waals surface area contributed by atoms with Gasteiger partial charge in [0, 0.05) is 6.42 Å². The minimum atomic E-state index is -1.16. The Labute approximate surface area is 107 Å². The second-order valence-corrected chi connectivity index (χ2v) is 5.00. The SMILES string of the molecule is CC(O)(CNC(=O)CC1C=CCC1)c1ccco1. The molecule has 0 aliphatic heterocycles. The molecule has 4 nitrogen and oxygen atoms in total. The molecule has 0 spiro atoms. The number of nitrogens with one attached hydrogen (secondary N) is 1. The van der Waals surface area contributed by atoms with Crippen LogP contribution in [0.2, 0.25) is 0 Å². The first-order valence-electron chi connectivity index (χ1n) is 6.27. The highest BCUT2D eigenvalue weighted by atomic mass is 16.4. The molecule has 2 rings (SSSR count). The van der Waals surface area contributed by atoms with Crippen LogP contribution in [0.5, 0.6) is 0 Å². The van der Waals surface area contributed by atoms with Crippen molar-refractivity contribution in [2.45, 2.75) is 31.8 Å². The van der Waals surface area contributed by atoms with Crippen LogP contribution < -0.4 is 5.32 Å². The number of furan rings is 1. The first-order chi connectivity index (χ1) is 8.58. The van der Waals surface area contributed by atoms with Gasteiger partial charge in [-0.05, 0) is 37.8 Å². The highest BCUT2D eigenvalue weighted by Crippen LogP contribution is 2.22. The average Bonchev–Trinajstić information content (AvgIpc) is 2.99. The Morgan fingerprint density at radius 2 is 2.50 bits per heavy atom. The summed E-state index contributed by atoms with van der Waals surface area (Å²) >= 11 is 0. The summed E-state index contributed by atoms with van der Waals surface area (Å²) in [7, 11) is 0. The number of aliphatic hydroxyl groups is 1. The van der Waals surface area contributed by atoms with E-state index in [1.165, 1.54) is 6.26 Å². The molecule has 1 aromatic rings. The Kier molecular flexibility index (Phi) is 3.87. The molecular formula is C14H19NO3. The van der Waals surface area contributed by atoms with Crippen molar-refractivity contribution in [3.05, 3.63) is 36.3 Å². The molecule has 4 heteroatoms. The van der Waals surface area contributed by atoms with Crippen molar-refractivity contribution in [1.82, 2.24) is 5.32 Å². The van der Waals surface area contributed by atoms with Crippen molar-refractivity contribution in [1.29, 1.82) is 0 Å².